The molecule has 104 valence electrons. The predicted octanol–water partition coefficient (Wildman–Crippen LogP) is 4.30. The molecule has 1 unspecified atom stereocenters. The second-order valence-corrected chi connectivity index (χ2v) is 5.05. The molecule has 0 amide bonds. The van der Waals surface area contributed by atoms with Crippen LogP contribution in [0.1, 0.15) is 25.3 Å². The number of benzene rings is 2. The highest BCUT2D eigenvalue weighted by Crippen LogP contribution is 2.29. The number of ether oxygens (including phenoxy) is 1. The van der Waals surface area contributed by atoms with E-state index in [9.17, 15) is 9.90 Å². The van der Waals surface area contributed by atoms with Gasteiger partial charge in [-0.05, 0) is 35.7 Å². The number of aliphatic carboxylic acids is 1. The van der Waals surface area contributed by atoms with E-state index in [0.29, 0.717) is 5.75 Å². The van der Waals surface area contributed by atoms with Crippen LogP contribution in [-0.2, 0) is 4.79 Å². The predicted molar refractivity (Wildman–Crippen MR) is 78.2 cm³/mol. The quantitative estimate of drug-likeness (QED) is 0.881. The first kappa shape index (κ1) is 14.1. The van der Waals surface area contributed by atoms with Crippen molar-refractivity contribution in [3.63, 3.8) is 0 Å². The molecule has 0 aliphatic carbocycles. The highest BCUT2D eigenvalue weighted by atomic mass is 16.5. The van der Waals surface area contributed by atoms with E-state index in [2.05, 4.69) is 0 Å². The van der Waals surface area contributed by atoms with E-state index in [1.165, 1.54) is 0 Å². The lowest BCUT2D eigenvalue weighted by molar-refractivity contribution is -0.139. The van der Waals surface area contributed by atoms with Crippen LogP contribution in [0.4, 0.5) is 0 Å². The summed E-state index contributed by atoms with van der Waals surface area (Å²) in [4.78, 5) is 11.4. The molecule has 0 bridgehead atoms. The van der Waals surface area contributed by atoms with Crippen LogP contribution in [0.3, 0.4) is 0 Å². The molecule has 0 aliphatic rings. The van der Waals surface area contributed by atoms with Crippen molar-refractivity contribution >= 4 is 5.97 Å². The molecule has 1 N–H and O–H groups in total. The maximum Gasteiger partial charge on any atom is 0.311 e. The van der Waals surface area contributed by atoms with Gasteiger partial charge in [-0.15, -0.1) is 0 Å². The molecular weight excluding hydrogens is 252 g/mol. The van der Waals surface area contributed by atoms with E-state index in [-0.39, 0.29) is 5.92 Å². The molecule has 0 aliphatic heterocycles. The zero-order valence-electron chi connectivity index (χ0n) is 11.6. The first-order valence-electron chi connectivity index (χ1n) is 6.63. The summed E-state index contributed by atoms with van der Waals surface area (Å²) in [5, 5.41) is 9.34. The number of para-hydroxylation sites is 1. The van der Waals surface area contributed by atoms with E-state index in [4.69, 9.17) is 4.74 Å². The van der Waals surface area contributed by atoms with Crippen molar-refractivity contribution in [3.05, 3.63) is 60.2 Å². The van der Waals surface area contributed by atoms with Crippen molar-refractivity contribution in [2.45, 2.75) is 19.8 Å². The Morgan fingerprint density at radius 2 is 1.65 bits per heavy atom. The van der Waals surface area contributed by atoms with Gasteiger partial charge in [-0.2, -0.15) is 0 Å². The molecular formula is C17H18O3. The van der Waals surface area contributed by atoms with Gasteiger partial charge < -0.3 is 9.84 Å². The van der Waals surface area contributed by atoms with Gasteiger partial charge in [0, 0.05) is 0 Å². The van der Waals surface area contributed by atoms with Crippen LogP contribution in [0, 0.1) is 5.92 Å². The Kier molecular flexibility index (Phi) is 4.41. The second-order valence-electron chi connectivity index (χ2n) is 5.05. The molecule has 0 aromatic heterocycles. The Balaban J connectivity index is 2.25. The monoisotopic (exact) mass is 270 g/mol. The van der Waals surface area contributed by atoms with Crippen molar-refractivity contribution in [1.82, 2.24) is 0 Å². The molecule has 2 aromatic rings. The molecule has 0 saturated carbocycles. The summed E-state index contributed by atoms with van der Waals surface area (Å²) in [7, 11) is 0. The van der Waals surface area contributed by atoms with Crippen LogP contribution in [0.15, 0.2) is 54.6 Å². The number of carboxylic acids is 1. The third kappa shape index (κ3) is 3.38. The van der Waals surface area contributed by atoms with E-state index >= 15 is 0 Å². The molecule has 0 saturated heterocycles. The van der Waals surface area contributed by atoms with Gasteiger partial charge in [0.2, 0.25) is 0 Å². The topological polar surface area (TPSA) is 46.5 Å². The van der Waals surface area contributed by atoms with Gasteiger partial charge in [0.1, 0.15) is 11.5 Å². The number of hydrogen-bond acceptors (Lipinski definition) is 2. The number of rotatable bonds is 5. The van der Waals surface area contributed by atoms with Gasteiger partial charge in [0.25, 0.3) is 0 Å². The largest absolute Gasteiger partial charge is 0.481 e. The molecule has 0 fully saturated rings. The molecule has 0 heterocycles. The first-order valence-corrected chi connectivity index (χ1v) is 6.63. The van der Waals surface area contributed by atoms with Crippen LogP contribution in [0.2, 0.25) is 0 Å². The van der Waals surface area contributed by atoms with Crippen molar-refractivity contribution in [1.29, 1.82) is 0 Å². The number of carbonyl (C=O) groups is 1. The Bertz CT molecular complexity index is 576. The molecule has 2 rings (SSSR count). The zero-order chi connectivity index (χ0) is 14.5. The van der Waals surface area contributed by atoms with Crippen LogP contribution in [-0.4, -0.2) is 11.1 Å². The van der Waals surface area contributed by atoms with Gasteiger partial charge in [-0.3, -0.25) is 4.79 Å². The van der Waals surface area contributed by atoms with Gasteiger partial charge in [-0.25, -0.2) is 0 Å². The fourth-order valence-corrected chi connectivity index (χ4v) is 2.21. The van der Waals surface area contributed by atoms with E-state index in [1.54, 1.807) is 6.07 Å². The van der Waals surface area contributed by atoms with Gasteiger partial charge in [0.05, 0.1) is 5.92 Å². The number of carboxylic acid groups (broad SMARTS) is 1. The van der Waals surface area contributed by atoms with Crippen molar-refractivity contribution < 1.29 is 14.6 Å². The van der Waals surface area contributed by atoms with Crippen LogP contribution < -0.4 is 4.74 Å². The fourth-order valence-electron chi connectivity index (χ4n) is 2.21. The van der Waals surface area contributed by atoms with E-state index in [0.717, 1.165) is 11.3 Å². The lowest BCUT2D eigenvalue weighted by atomic mass is 9.88. The molecule has 1 atom stereocenters. The SMILES string of the molecule is CC(C)C(C(=O)O)c1cccc(Oc2ccccc2)c1. The number of hydrogen-bond donors (Lipinski definition) is 1. The average Bonchev–Trinajstić information content (AvgIpc) is 2.39. The van der Waals surface area contributed by atoms with Crippen molar-refractivity contribution in [3.8, 4) is 11.5 Å². The summed E-state index contributed by atoms with van der Waals surface area (Å²) >= 11 is 0. The highest BCUT2D eigenvalue weighted by Gasteiger charge is 2.23. The minimum atomic E-state index is -0.808. The van der Waals surface area contributed by atoms with E-state index < -0.39 is 11.9 Å². The Labute approximate surface area is 118 Å². The Hall–Kier alpha value is -2.29. The highest BCUT2D eigenvalue weighted by molar-refractivity contribution is 5.76. The molecule has 2 aromatic carbocycles. The smallest absolute Gasteiger partial charge is 0.311 e. The Morgan fingerprint density at radius 1 is 1.00 bits per heavy atom. The molecule has 3 nitrogen and oxygen atoms in total. The lowest BCUT2D eigenvalue weighted by Gasteiger charge is -2.17. The fraction of sp³-hybridized carbons (Fsp3) is 0.235. The molecule has 3 heteroatoms. The molecule has 20 heavy (non-hydrogen) atoms. The van der Waals surface area contributed by atoms with E-state index in [1.807, 2.05) is 62.4 Å². The summed E-state index contributed by atoms with van der Waals surface area (Å²) in [5.41, 5.74) is 0.765. The first-order chi connectivity index (χ1) is 9.58. The summed E-state index contributed by atoms with van der Waals surface area (Å²) in [5.74, 6) is 0.0901. The van der Waals surface area contributed by atoms with Crippen molar-refractivity contribution in [2.24, 2.45) is 5.92 Å². The van der Waals surface area contributed by atoms with Crippen LogP contribution >= 0.6 is 0 Å². The zero-order valence-corrected chi connectivity index (χ0v) is 11.6. The van der Waals surface area contributed by atoms with Crippen molar-refractivity contribution in [2.75, 3.05) is 0 Å². The summed E-state index contributed by atoms with van der Waals surface area (Å²) < 4.78 is 5.74. The third-order valence-electron chi connectivity index (χ3n) is 3.13. The summed E-state index contributed by atoms with van der Waals surface area (Å²) in [6.45, 7) is 3.81. The summed E-state index contributed by atoms with van der Waals surface area (Å²) in [6, 6.07) is 16.7. The minimum Gasteiger partial charge on any atom is -0.481 e. The molecule has 0 spiro atoms. The lowest BCUT2D eigenvalue weighted by Crippen LogP contribution is -2.17. The van der Waals surface area contributed by atoms with Gasteiger partial charge >= 0.3 is 5.97 Å². The van der Waals surface area contributed by atoms with Gasteiger partial charge in [0.15, 0.2) is 0 Å². The molecule has 0 radical (unpaired) electrons. The Morgan fingerprint density at radius 3 is 2.25 bits per heavy atom. The maximum atomic E-state index is 11.4. The maximum absolute atomic E-state index is 11.4. The van der Waals surface area contributed by atoms with Crippen LogP contribution in [0.25, 0.3) is 0 Å². The van der Waals surface area contributed by atoms with Crippen LogP contribution in [0.5, 0.6) is 11.5 Å². The van der Waals surface area contributed by atoms with Gasteiger partial charge in [-0.1, -0.05) is 44.2 Å². The normalized spacial score (nSPS) is 12.2. The summed E-state index contributed by atoms with van der Waals surface area (Å²) in [6.07, 6.45) is 0. The third-order valence-corrected chi connectivity index (χ3v) is 3.13. The standard InChI is InChI=1S/C17H18O3/c1-12(2)16(17(18)19)13-7-6-10-15(11-13)20-14-8-4-3-5-9-14/h3-12,16H,1-2H3,(H,18,19). The second kappa shape index (κ2) is 6.24. The minimum absolute atomic E-state index is 0.0273. The average molecular weight is 270 g/mol.